The number of carbonyl (C=O) groups excluding carboxylic acids is 1. The lowest BCUT2D eigenvalue weighted by Gasteiger charge is -2.52. The summed E-state index contributed by atoms with van der Waals surface area (Å²) < 4.78 is 0.427. The maximum atomic E-state index is 12.9. The van der Waals surface area contributed by atoms with Crippen molar-refractivity contribution in [3.8, 4) is 0 Å². The van der Waals surface area contributed by atoms with E-state index in [0.717, 1.165) is 24.1 Å². The number of amides is 1. The molecule has 0 aromatic heterocycles. The highest BCUT2D eigenvalue weighted by molar-refractivity contribution is 8.21. The normalized spacial score (nSPS) is 31.2. The van der Waals surface area contributed by atoms with Crippen LogP contribution in [0.5, 0.6) is 0 Å². The van der Waals surface area contributed by atoms with Gasteiger partial charge in [0.1, 0.15) is 0 Å². The first-order valence-corrected chi connectivity index (χ1v) is 11.3. The van der Waals surface area contributed by atoms with E-state index in [0.29, 0.717) is 20.9 Å². The van der Waals surface area contributed by atoms with E-state index in [9.17, 15) is 4.79 Å². The summed E-state index contributed by atoms with van der Waals surface area (Å²) in [6.45, 7) is 2.01. The second-order valence-corrected chi connectivity index (χ2v) is 10.8. The Balaban J connectivity index is 1.48. The van der Waals surface area contributed by atoms with Gasteiger partial charge in [-0.1, -0.05) is 24.1 Å². The molecule has 4 rings (SSSR count). The van der Waals surface area contributed by atoms with Crippen LogP contribution < -0.4 is 5.32 Å². The largest absolute Gasteiger partial charge is 0.325 e. The molecule has 1 amide bonds. The Morgan fingerprint density at radius 2 is 1.88 bits per heavy atom. The zero-order valence-corrected chi connectivity index (χ0v) is 16.4. The third-order valence-corrected chi connectivity index (χ3v) is 10.2. The van der Waals surface area contributed by atoms with Gasteiger partial charge in [-0.3, -0.25) is 4.79 Å². The molecule has 3 fully saturated rings. The molecule has 2 unspecified atom stereocenters. The van der Waals surface area contributed by atoms with Crippen LogP contribution in [0.3, 0.4) is 0 Å². The fourth-order valence-corrected chi connectivity index (χ4v) is 9.00. The van der Waals surface area contributed by atoms with Gasteiger partial charge in [0.2, 0.25) is 5.91 Å². The van der Waals surface area contributed by atoms with Crippen molar-refractivity contribution in [1.29, 1.82) is 0 Å². The van der Waals surface area contributed by atoms with Crippen LogP contribution in [0.2, 0.25) is 5.02 Å². The van der Waals surface area contributed by atoms with Gasteiger partial charge in [-0.2, -0.15) is 0 Å². The Bertz CT molecular complexity index is 628. The van der Waals surface area contributed by atoms with Gasteiger partial charge in [0, 0.05) is 17.4 Å². The van der Waals surface area contributed by atoms with Crippen LogP contribution in [0.4, 0.5) is 5.69 Å². The molecule has 3 aliphatic rings. The Kier molecular flexibility index (Phi) is 4.83. The van der Waals surface area contributed by atoms with Crippen molar-refractivity contribution < 1.29 is 4.79 Å². The summed E-state index contributed by atoms with van der Waals surface area (Å²) in [4.78, 5) is 12.9. The Hall–Kier alpha value is -0.320. The maximum Gasteiger partial charge on any atom is 0.227 e. The van der Waals surface area contributed by atoms with E-state index in [4.69, 9.17) is 11.6 Å². The van der Waals surface area contributed by atoms with Gasteiger partial charge in [0.25, 0.3) is 0 Å². The van der Waals surface area contributed by atoms with Crippen molar-refractivity contribution in [2.24, 2.45) is 17.8 Å². The predicted molar refractivity (Wildman–Crippen MR) is 106 cm³/mol. The number of rotatable bonds is 2. The number of nitrogens with one attached hydrogen (secondary N) is 1. The molecular formula is C19H24ClNOS2. The quantitative estimate of drug-likeness (QED) is 0.723. The van der Waals surface area contributed by atoms with Crippen molar-refractivity contribution in [2.75, 3.05) is 16.8 Å². The fraction of sp³-hybridized carbons (Fsp3) is 0.632. The first kappa shape index (κ1) is 17.1. The number of thioether (sulfide) groups is 2. The van der Waals surface area contributed by atoms with E-state index in [1.807, 2.05) is 25.1 Å². The van der Waals surface area contributed by atoms with E-state index >= 15 is 0 Å². The molecule has 24 heavy (non-hydrogen) atoms. The van der Waals surface area contributed by atoms with Gasteiger partial charge in [0.05, 0.1) is 14.8 Å². The van der Waals surface area contributed by atoms with Crippen LogP contribution in [0.25, 0.3) is 0 Å². The number of aryl methyl sites for hydroxylation is 1. The standard InChI is InChI=1S/C19H24ClNOS2/c1-12-5-6-17(16(20)9-12)21-18(22)13-10-14-3-2-4-15(11-13)19(14)23-7-8-24-19/h5-6,9,13-15H,2-4,7-8,10-11H2,1H3,(H,21,22). The molecule has 1 aromatic carbocycles. The van der Waals surface area contributed by atoms with Gasteiger partial charge in [0.15, 0.2) is 0 Å². The number of hydrogen-bond donors (Lipinski definition) is 1. The van der Waals surface area contributed by atoms with E-state index in [1.54, 1.807) is 0 Å². The SMILES string of the molecule is Cc1ccc(NC(=O)C2CC3CCCC(C2)C32SCCS2)c(Cl)c1. The van der Waals surface area contributed by atoms with Crippen molar-refractivity contribution in [1.82, 2.24) is 0 Å². The summed E-state index contributed by atoms with van der Waals surface area (Å²) in [5, 5.41) is 3.73. The Morgan fingerprint density at radius 3 is 2.50 bits per heavy atom. The smallest absolute Gasteiger partial charge is 0.227 e. The molecular weight excluding hydrogens is 358 g/mol. The summed E-state index contributed by atoms with van der Waals surface area (Å²) in [6.07, 6.45) is 6.03. The maximum absolute atomic E-state index is 12.9. The van der Waals surface area contributed by atoms with Crippen molar-refractivity contribution in [3.63, 3.8) is 0 Å². The Morgan fingerprint density at radius 1 is 1.21 bits per heavy atom. The first-order valence-electron chi connectivity index (χ1n) is 8.93. The zero-order valence-electron chi connectivity index (χ0n) is 14.0. The average molecular weight is 382 g/mol. The average Bonchev–Trinajstić information content (AvgIpc) is 2.99. The highest BCUT2D eigenvalue weighted by Crippen LogP contribution is 2.64. The van der Waals surface area contributed by atoms with Crippen molar-refractivity contribution in [3.05, 3.63) is 28.8 Å². The van der Waals surface area contributed by atoms with Gasteiger partial charge >= 0.3 is 0 Å². The summed E-state index contributed by atoms with van der Waals surface area (Å²) in [6, 6.07) is 5.83. The lowest BCUT2D eigenvalue weighted by Crippen LogP contribution is -2.48. The molecule has 2 atom stereocenters. The summed E-state index contributed by atoms with van der Waals surface area (Å²) in [5.74, 6) is 4.28. The second kappa shape index (κ2) is 6.77. The molecule has 1 aromatic rings. The zero-order chi connectivity index (χ0) is 16.7. The summed E-state index contributed by atoms with van der Waals surface area (Å²) in [7, 11) is 0. The topological polar surface area (TPSA) is 29.1 Å². The predicted octanol–water partition coefficient (Wildman–Crippen LogP) is 5.59. The lowest BCUT2D eigenvalue weighted by atomic mass is 9.67. The molecule has 1 saturated heterocycles. The minimum absolute atomic E-state index is 0.144. The number of benzene rings is 1. The van der Waals surface area contributed by atoms with E-state index in [1.165, 1.54) is 30.8 Å². The molecule has 1 spiro atoms. The molecule has 2 aliphatic carbocycles. The molecule has 130 valence electrons. The highest BCUT2D eigenvalue weighted by atomic mass is 35.5. The van der Waals surface area contributed by atoms with Crippen LogP contribution in [-0.2, 0) is 4.79 Å². The minimum atomic E-state index is 0.144. The summed E-state index contributed by atoms with van der Waals surface area (Å²) >= 11 is 10.7. The monoisotopic (exact) mass is 381 g/mol. The Labute approximate surface area is 157 Å². The number of hydrogen-bond acceptors (Lipinski definition) is 3. The third-order valence-electron chi connectivity index (χ3n) is 5.87. The molecule has 1 N–H and O–H groups in total. The van der Waals surface area contributed by atoms with Gasteiger partial charge in [-0.25, -0.2) is 0 Å². The van der Waals surface area contributed by atoms with E-state index < -0.39 is 0 Å². The van der Waals surface area contributed by atoms with Crippen LogP contribution in [0, 0.1) is 24.7 Å². The van der Waals surface area contributed by atoms with E-state index in [-0.39, 0.29) is 11.8 Å². The number of carbonyl (C=O) groups is 1. The lowest BCUT2D eigenvalue weighted by molar-refractivity contribution is -0.122. The molecule has 1 aliphatic heterocycles. The number of halogens is 1. The van der Waals surface area contributed by atoms with Gasteiger partial charge in [-0.15, -0.1) is 23.5 Å². The second-order valence-electron chi connectivity index (χ2n) is 7.38. The van der Waals surface area contributed by atoms with Crippen molar-refractivity contribution in [2.45, 2.75) is 43.1 Å². The van der Waals surface area contributed by atoms with Crippen LogP contribution in [-0.4, -0.2) is 21.5 Å². The molecule has 2 saturated carbocycles. The minimum Gasteiger partial charge on any atom is -0.325 e. The molecule has 1 heterocycles. The van der Waals surface area contributed by atoms with Crippen LogP contribution in [0.15, 0.2) is 18.2 Å². The van der Waals surface area contributed by atoms with Gasteiger partial charge < -0.3 is 5.32 Å². The number of anilines is 1. The molecule has 2 bridgehead atoms. The van der Waals surface area contributed by atoms with Crippen molar-refractivity contribution >= 4 is 46.7 Å². The molecule has 0 radical (unpaired) electrons. The molecule has 2 nitrogen and oxygen atoms in total. The first-order chi connectivity index (χ1) is 11.6. The van der Waals surface area contributed by atoms with E-state index in [2.05, 4.69) is 28.8 Å². The summed E-state index contributed by atoms with van der Waals surface area (Å²) in [5.41, 5.74) is 1.87. The highest BCUT2D eigenvalue weighted by Gasteiger charge is 2.55. The third kappa shape index (κ3) is 2.99. The molecule has 5 heteroatoms. The van der Waals surface area contributed by atoms with Gasteiger partial charge in [-0.05, 0) is 62.1 Å². The fourth-order valence-electron chi connectivity index (χ4n) is 4.78. The van der Waals surface area contributed by atoms with Crippen LogP contribution >= 0.6 is 35.1 Å². The van der Waals surface area contributed by atoms with Crippen LogP contribution in [0.1, 0.15) is 37.7 Å².